The number of hydrogen-bond acceptors (Lipinski definition) is 5. The molecule has 0 heterocycles. The van der Waals surface area contributed by atoms with E-state index >= 15 is 0 Å². The van der Waals surface area contributed by atoms with E-state index < -0.39 is 10.7 Å². The van der Waals surface area contributed by atoms with Crippen molar-refractivity contribution in [3.8, 4) is 17.6 Å². The lowest BCUT2D eigenvalue weighted by Gasteiger charge is -2.15. The molecule has 0 radical (unpaired) electrons. The SMILES string of the molecule is CCOc1cc(/C=C(\C#N)c2cccc([N+](=O)[O-])c2)cc(Cl)c1OCc1ccccc1F. The molecule has 0 aliphatic carbocycles. The van der Waals surface area contributed by atoms with Gasteiger partial charge >= 0.3 is 0 Å². The Hall–Kier alpha value is -3.89. The van der Waals surface area contributed by atoms with Crippen molar-refractivity contribution in [2.24, 2.45) is 0 Å². The highest BCUT2D eigenvalue weighted by atomic mass is 35.5. The van der Waals surface area contributed by atoms with Crippen LogP contribution >= 0.6 is 11.6 Å². The highest BCUT2D eigenvalue weighted by Gasteiger charge is 2.15. The summed E-state index contributed by atoms with van der Waals surface area (Å²) in [6.45, 7) is 2.08. The molecule has 6 nitrogen and oxygen atoms in total. The third-order valence-corrected chi connectivity index (χ3v) is 4.74. The highest BCUT2D eigenvalue weighted by molar-refractivity contribution is 6.32. The average molecular weight is 453 g/mol. The molecule has 0 aromatic heterocycles. The summed E-state index contributed by atoms with van der Waals surface area (Å²) < 4.78 is 25.3. The summed E-state index contributed by atoms with van der Waals surface area (Å²) in [5.74, 6) is 0.193. The van der Waals surface area contributed by atoms with Gasteiger partial charge < -0.3 is 9.47 Å². The van der Waals surface area contributed by atoms with Crippen molar-refractivity contribution in [3.63, 3.8) is 0 Å². The first-order chi connectivity index (χ1) is 15.4. The van der Waals surface area contributed by atoms with Gasteiger partial charge in [-0.25, -0.2) is 4.39 Å². The maximum Gasteiger partial charge on any atom is 0.270 e. The molecule has 0 amide bonds. The zero-order valence-electron chi connectivity index (χ0n) is 17.0. The van der Waals surface area contributed by atoms with Gasteiger partial charge in [-0.3, -0.25) is 10.1 Å². The molecule has 3 aromatic rings. The van der Waals surface area contributed by atoms with Gasteiger partial charge in [-0.15, -0.1) is 0 Å². The smallest absolute Gasteiger partial charge is 0.270 e. The van der Waals surface area contributed by atoms with E-state index in [1.54, 1.807) is 49.4 Å². The molecule has 0 fully saturated rings. The Bertz CT molecular complexity index is 1220. The first-order valence-corrected chi connectivity index (χ1v) is 10.00. The van der Waals surface area contributed by atoms with E-state index in [4.69, 9.17) is 21.1 Å². The van der Waals surface area contributed by atoms with Gasteiger partial charge in [0.25, 0.3) is 5.69 Å². The topological polar surface area (TPSA) is 85.4 Å². The molecule has 3 aromatic carbocycles. The summed E-state index contributed by atoms with van der Waals surface area (Å²) in [4.78, 5) is 10.5. The van der Waals surface area contributed by atoms with Crippen LogP contribution in [0.15, 0.2) is 60.7 Å². The maximum atomic E-state index is 13.9. The van der Waals surface area contributed by atoms with Crippen molar-refractivity contribution in [1.82, 2.24) is 0 Å². The predicted octanol–water partition coefficient (Wildman–Crippen LogP) is 6.43. The summed E-state index contributed by atoms with van der Waals surface area (Å²) in [5.41, 5.74) is 1.41. The summed E-state index contributed by atoms with van der Waals surface area (Å²) in [6, 6.07) is 17.3. The van der Waals surface area contributed by atoms with Gasteiger partial charge in [0.1, 0.15) is 12.4 Å². The first-order valence-electron chi connectivity index (χ1n) is 9.62. The lowest BCUT2D eigenvalue weighted by atomic mass is 10.0. The van der Waals surface area contributed by atoms with Crippen LogP contribution in [-0.4, -0.2) is 11.5 Å². The van der Waals surface area contributed by atoms with Crippen molar-refractivity contribution in [3.05, 3.63) is 98.3 Å². The van der Waals surface area contributed by atoms with E-state index in [2.05, 4.69) is 6.07 Å². The Balaban J connectivity index is 1.95. The molecule has 0 bridgehead atoms. The number of nitro benzene ring substituents is 1. The van der Waals surface area contributed by atoms with Gasteiger partial charge in [-0.1, -0.05) is 41.9 Å². The largest absolute Gasteiger partial charge is 0.490 e. The quantitative estimate of drug-likeness (QED) is 0.170. The van der Waals surface area contributed by atoms with Gasteiger partial charge in [0.2, 0.25) is 0 Å². The summed E-state index contributed by atoms with van der Waals surface area (Å²) in [6.07, 6.45) is 1.55. The molecule has 0 N–H and O–H groups in total. The van der Waals surface area contributed by atoms with Crippen LogP contribution in [0.4, 0.5) is 10.1 Å². The molecule has 0 atom stereocenters. The minimum atomic E-state index is -0.524. The predicted molar refractivity (Wildman–Crippen MR) is 120 cm³/mol. The summed E-state index contributed by atoms with van der Waals surface area (Å²) >= 11 is 6.42. The Morgan fingerprint density at radius 1 is 1.19 bits per heavy atom. The van der Waals surface area contributed by atoms with Crippen LogP contribution < -0.4 is 9.47 Å². The van der Waals surface area contributed by atoms with Crippen molar-refractivity contribution in [2.75, 3.05) is 6.61 Å². The number of nitro groups is 1. The number of ether oxygens (including phenoxy) is 2. The molecule has 32 heavy (non-hydrogen) atoms. The molecule has 8 heteroatoms. The van der Waals surface area contributed by atoms with Crippen molar-refractivity contribution in [2.45, 2.75) is 13.5 Å². The second-order valence-corrected chi connectivity index (χ2v) is 7.03. The molecular formula is C24H18ClFN2O4. The van der Waals surface area contributed by atoms with Crippen molar-refractivity contribution >= 4 is 28.9 Å². The Morgan fingerprint density at radius 3 is 2.66 bits per heavy atom. The van der Waals surface area contributed by atoms with Crippen LogP contribution in [0.2, 0.25) is 5.02 Å². The highest BCUT2D eigenvalue weighted by Crippen LogP contribution is 2.38. The van der Waals surface area contributed by atoms with E-state index in [1.165, 1.54) is 24.3 Å². The minimum absolute atomic E-state index is 0.0429. The van der Waals surface area contributed by atoms with Crippen molar-refractivity contribution < 1.29 is 18.8 Å². The number of benzene rings is 3. The van der Waals surface area contributed by atoms with Gasteiger partial charge in [-0.2, -0.15) is 5.26 Å². The number of hydrogen-bond donors (Lipinski definition) is 0. The third-order valence-electron chi connectivity index (χ3n) is 4.46. The molecule has 162 valence electrons. The number of rotatable bonds is 8. The number of nitriles is 1. The monoisotopic (exact) mass is 452 g/mol. The standard InChI is InChI=1S/C24H18ClFN2O4/c1-2-31-23-12-16(10-19(14-27)17-7-5-8-20(13-17)28(29)30)11-21(25)24(23)32-15-18-6-3-4-9-22(18)26/h3-13H,2,15H2,1H3/b19-10+. The van der Waals surface area contributed by atoms with Gasteiger partial charge in [-0.05, 0) is 42.3 Å². The van der Waals surface area contributed by atoms with E-state index in [0.717, 1.165) is 0 Å². The third kappa shape index (κ3) is 5.42. The molecule has 0 saturated carbocycles. The molecule has 0 aliphatic heterocycles. The minimum Gasteiger partial charge on any atom is -0.490 e. The summed E-state index contributed by atoms with van der Waals surface area (Å²) in [7, 11) is 0. The second-order valence-electron chi connectivity index (χ2n) is 6.62. The van der Waals surface area contributed by atoms with E-state index in [1.807, 2.05) is 0 Å². The fourth-order valence-corrected chi connectivity index (χ4v) is 3.25. The van der Waals surface area contributed by atoms with Crippen LogP contribution in [0.5, 0.6) is 11.5 Å². The number of halogens is 2. The zero-order valence-corrected chi connectivity index (χ0v) is 17.8. The summed E-state index contributed by atoms with van der Waals surface area (Å²) in [5, 5.41) is 20.8. The van der Waals surface area contributed by atoms with Crippen molar-refractivity contribution in [1.29, 1.82) is 5.26 Å². The van der Waals surface area contributed by atoms with E-state index in [-0.39, 0.29) is 28.6 Å². The van der Waals surface area contributed by atoms with Gasteiger partial charge in [0.05, 0.1) is 28.2 Å². The lowest BCUT2D eigenvalue weighted by molar-refractivity contribution is -0.384. The van der Waals surface area contributed by atoms with Crippen LogP contribution in [0.1, 0.15) is 23.6 Å². The van der Waals surface area contributed by atoms with Crippen LogP contribution in [0.25, 0.3) is 11.6 Å². The van der Waals surface area contributed by atoms with Gasteiger partial charge in [0.15, 0.2) is 11.5 Å². The van der Waals surface area contributed by atoms with Crippen LogP contribution in [-0.2, 0) is 6.61 Å². The van der Waals surface area contributed by atoms with Gasteiger partial charge in [0, 0.05) is 17.7 Å². The normalized spacial score (nSPS) is 11.0. The first kappa shape index (κ1) is 22.8. The Kier molecular flexibility index (Phi) is 7.42. The fourth-order valence-electron chi connectivity index (χ4n) is 2.97. The lowest BCUT2D eigenvalue weighted by Crippen LogP contribution is -2.02. The van der Waals surface area contributed by atoms with E-state index in [0.29, 0.717) is 29.0 Å². The van der Waals surface area contributed by atoms with E-state index in [9.17, 15) is 19.8 Å². The molecule has 0 aliphatic rings. The maximum absolute atomic E-state index is 13.9. The second kappa shape index (κ2) is 10.4. The zero-order chi connectivity index (χ0) is 23.1. The number of nitrogens with zero attached hydrogens (tertiary/aromatic N) is 2. The molecule has 0 saturated heterocycles. The van der Waals surface area contributed by atoms with Crippen LogP contribution in [0.3, 0.4) is 0 Å². The molecule has 3 rings (SSSR count). The molecular weight excluding hydrogens is 435 g/mol. The Morgan fingerprint density at radius 2 is 1.97 bits per heavy atom. The van der Waals surface area contributed by atoms with Crippen LogP contribution in [0, 0.1) is 27.3 Å². The Labute approximate surface area is 189 Å². The number of non-ortho nitro benzene ring substituents is 1. The average Bonchev–Trinajstić information content (AvgIpc) is 2.78. The fraction of sp³-hybridized carbons (Fsp3) is 0.125. The molecule has 0 spiro atoms. The molecule has 0 unspecified atom stereocenters. The number of allylic oxidation sites excluding steroid dienone is 1.